The van der Waals surface area contributed by atoms with Crippen LogP contribution in [0.1, 0.15) is 40.4 Å². The smallest absolute Gasteiger partial charge is 0.272 e. The van der Waals surface area contributed by atoms with E-state index in [1.807, 2.05) is 24.1 Å². The number of aromatic nitrogens is 2. The highest BCUT2D eigenvalue weighted by molar-refractivity contribution is 7.07. The summed E-state index contributed by atoms with van der Waals surface area (Å²) < 4.78 is 5.71. The second-order valence-electron chi connectivity index (χ2n) is 5.89. The minimum Gasteiger partial charge on any atom is -0.376 e. The number of amides is 1. The molecule has 2 aromatic heterocycles. The first-order valence-electron chi connectivity index (χ1n) is 7.86. The normalized spacial score (nSPS) is 17.4. The van der Waals surface area contributed by atoms with Gasteiger partial charge in [0.25, 0.3) is 5.91 Å². The van der Waals surface area contributed by atoms with Crippen molar-refractivity contribution in [1.29, 1.82) is 0 Å². The standard InChI is InChI=1S/C17H21N3O2S/c1-12-8-16(19-13(2)18-12)17(21)20(9-14-5-7-23-11-14)10-15-4-3-6-22-15/h5,7-8,11,15H,3-4,6,9-10H2,1-2H3. The van der Waals surface area contributed by atoms with Gasteiger partial charge >= 0.3 is 0 Å². The third-order valence-electron chi connectivity index (χ3n) is 3.87. The summed E-state index contributed by atoms with van der Waals surface area (Å²) in [6.07, 6.45) is 2.20. The largest absolute Gasteiger partial charge is 0.376 e. The molecule has 2 aromatic rings. The van der Waals surface area contributed by atoms with E-state index in [9.17, 15) is 4.79 Å². The SMILES string of the molecule is Cc1cc(C(=O)N(Cc2ccsc2)CC2CCCO2)nc(C)n1. The van der Waals surface area contributed by atoms with Crippen LogP contribution in [-0.4, -0.2) is 40.0 Å². The van der Waals surface area contributed by atoms with Crippen LogP contribution in [0.15, 0.2) is 22.9 Å². The van der Waals surface area contributed by atoms with Crippen molar-refractivity contribution in [3.63, 3.8) is 0 Å². The van der Waals surface area contributed by atoms with Crippen LogP contribution >= 0.6 is 11.3 Å². The maximum Gasteiger partial charge on any atom is 0.272 e. The summed E-state index contributed by atoms with van der Waals surface area (Å²) in [5.41, 5.74) is 2.42. The molecule has 1 aliphatic heterocycles. The molecule has 0 aromatic carbocycles. The van der Waals surface area contributed by atoms with Gasteiger partial charge in [-0.15, -0.1) is 0 Å². The molecule has 122 valence electrons. The number of thiophene rings is 1. The van der Waals surface area contributed by atoms with Crippen LogP contribution in [0.3, 0.4) is 0 Å². The molecule has 3 heterocycles. The summed E-state index contributed by atoms with van der Waals surface area (Å²) in [7, 11) is 0. The van der Waals surface area contributed by atoms with Crippen LogP contribution in [0.5, 0.6) is 0 Å². The number of carbonyl (C=O) groups is 1. The number of hydrogen-bond acceptors (Lipinski definition) is 5. The molecule has 1 amide bonds. The first-order valence-corrected chi connectivity index (χ1v) is 8.80. The van der Waals surface area contributed by atoms with Crippen LogP contribution in [0, 0.1) is 13.8 Å². The van der Waals surface area contributed by atoms with Crippen LogP contribution in [0.4, 0.5) is 0 Å². The molecular formula is C17H21N3O2S. The molecule has 0 spiro atoms. The average Bonchev–Trinajstić information content (AvgIpc) is 3.18. The van der Waals surface area contributed by atoms with E-state index in [1.165, 1.54) is 0 Å². The molecular weight excluding hydrogens is 310 g/mol. The fourth-order valence-corrected chi connectivity index (χ4v) is 3.50. The van der Waals surface area contributed by atoms with Gasteiger partial charge < -0.3 is 9.64 Å². The van der Waals surface area contributed by atoms with Crippen molar-refractivity contribution in [3.8, 4) is 0 Å². The van der Waals surface area contributed by atoms with Gasteiger partial charge in [-0.2, -0.15) is 11.3 Å². The zero-order valence-electron chi connectivity index (χ0n) is 13.5. The molecule has 1 fully saturated rings. The molecule has 6 heteroatoms. The Balaban J connectivity index is 1.81. The van der Waals surface area contributed by atoms with E-state index in [-0.39, 0.29) is 12.0 Å². The van der Waals surface area contributed by atoms with Crippen molar-refractivity contribution in [2.75, 3.05) is 13.2 Å². The summed E-state index contributed by atoms with van der Waals surface area (Å²) in [5.74, 6) is 0.571. The summed E-state index contributed by atoms with van der Waals surface area (Å²) >= 11 is 1.64. The molecule has 3 rings (SSSR count). The predicted octanol–water partition coefficient (Wildman–Crippen LogP) is 2.98. The summed E-state index contributed by atoms with van der Waals surface area (Å²) in [4.78, 5) is 23.4. The highest BCUT2D eigenvalue weighted by atomic mass is 32.1. The molecule has 1 aliphatic rings. The number of rotatable bonds is 5. The van der Waals surface area contributed by atoms with Crippen LogP contribution in [-0.2, 0) is 11.3 Å². The lowest BCUT2D eigenvalue weighted by Gasteiger charge is -2.25. The lowest BCUT2D eigenvalue weighted by atomic mass is 10.2. The number of ether oxygens (including phenoxy) is 1. The van der Waals surface area contributed by atoms with Crippen molar-refractivity contribution < 1.29 is 9.53 Å². The number of carbonyl (C=O) groups excluding carboxylic acids is 1. The van der Waals surface area contributed by atoms with Crippen molar-refractivity contribution >= 4 is 17.2 Å². The Kier molecular flexibility index (Phi) is 5.03. The van der Waals surface area contributed by atoms with E-state index in [0.717, 1.165) is 30.7 Å². The Morgan fingerprint density at radius 2 is 2.30 bits per heavy atom. The molecule has 0 saturated carbocycles. The Morgan fingerprint density at radius 3 is 2.96 bits per heavy atom. The van der Waals surface area contributed by atoms with E-state index in [4.69, 9.17) is 4.74 Å². The van der Waals surface area contributed by atoms with Crippen LogP contribution in [0.25, 0.3) is 0 Å². The zero-order valence-corrected chi connectivity index (χ0v) is 14.3. The van der Waals surface area contributed by atoms with Gasteiger partial charge in [0.1, 0.15) is 11.5 Å². The maximum atomic E-state index is 12.9. The minimum atomic E-state index is -0.0553. The van der Waals surface area contributed by atoms with Gasteiger partial charge in [0.05, 0.1) is 6.10 Å². The number of hydrogen-bond donors (Lipinski definition) is 0. The summed E-state index contributed by atoms with van der Waals surface area (Å²) in [5, 5.41) is 4.11. The van der Waals surface area contributed by atoms with E-state index >= 15 is 0 Å². The summed E-state index contributed by atoms with van der Waals surface area (Å²) in [6, 6.07) is 3.81. The van der Waals surface area contributed by atoms with Gasteiger partial charge in [-0.1, -0.05) is 0 Å². The molecule has 0 aliphatic carbocycles. The second kappa shape index (κ2) is 7.19. The lowest BCUT2D eigenvalue weighted by molar-refractivity contribution is 0.0502. The lowest BCUT2D eigenvalue weighted by Crippen LogP contribution is -2.37. The van der Waals surface area contributed by atoms with Gasteiger partial charge in [-0.05, 0) is 55.1 Å². The van der Waals surface area contributed by atoms with E-state index in [0.29, 0.717) is 24.6 Å². The monoisotopic (exact) mass is 331 g/mol. The molecule has 5 nitrogen and oxygen atoms in total. The van der Waals surface area contributed by atoms with E-state index in [2.05, 4.69) is 21.4 Å². The first kappa shape index (κ1) is 16.1. The molecule has 0 radical (unpaired) electrons. The predicted molar refractivity (Wildman–Crippen MR) is 89.5 cm³/mol. The van der Waals surface area contributed by atoms with E-state index < -0.39 is 0 Å². The topological polar surface area (TPSA) is 55.3 Å². The number of nitrogens with zero attached hydrogens (tertiary/aromatic N) is 3. The molecule has 1 saturated heterocycles. The van der Waals surface area contributed by atoms with Crippen molar-refractivity contribution in [2.45, 2.75) is 39.3 Å². The van der Waals surface area contributed by atoms with Gasteiger partial charge in [-0.3, -0.25) is 4.79 Å². The fraction of sp³-hybridized carbons (Fsp3) is 0.471. The van der Waals surface area contributed by atoms with Crippen LogP contribution in [0.2, 0.25) is 0 Å². The average molecular weight is 331 g/mol. The third-order valence-corrected chi connectivity index (χ3v) is 4.61. The molecule has 1 atom stereocenters. The molecule has 0 bridgehead atoms. The van der Waals surface area contributed by atoms with Gasteiger partial charge in [0, 0.05) is 25.4 Å². The van der Waals surface area contributed by atoms with Crippen molar-refractivity contribution in [2.24, 2.45) is 0 Å². The molecule has 1 unspecified atom stereocenters. The molecule has 23 heavy (non-hydrogen) atoms. The van der Waals surface area contributed by atoms with Gasteiger partial charge in [0.15, 0.2) is 0 Å². The second-order valence-corrected chi connectivity index (χ2v) is 6.67. The molecule has 0 N–H and O–H groups in total. The third kappa shape index (κ3) is 4.14. The van der Waals surface area contributed by atoms with Crippen molar-refractivity contribution in [3.05, 3.63) is 45.7 Å². The number of aryl methyl sites for hydroxylation is 2. The fourth-order valence-electron chi connectivity index (χ4n) is 2.84. The quantitative estimate of drug-likeness (QED) is 0.845. The van der Waals surface area contributed by atoms with E-state index in [1.54, 1.807) is 17.4 Å². The first-order chi connectivity index (χ1) is 11.1. The van der Waals surface area contributed by atoms with Crippen molar-refractivity contribution in [1.82, 2.24) is 14.9 Å². The van der Waals surface area contributed by atoms with Gasteiger partial charge in [-0.25, -0.2) is 9.97 Å². The van der Waals surface area contributed by atoms with Crippen LogP contribution < -0.4 is 0 Å². The highest BCUT2D eigenvalue weighted by Gasteiger charge is 2.24. The Morgan fingerprint density at radius 1 is 1.43 bits per heavy atom. The maximum absolute atomic E-state index is 12.9. The van der Waals surface area contributed by atoms with Gasteiger partial charge in [0.2, 0.25) is 0 Å². The minimum absolute atomic E-state index is 0.0553. The Hall–Kier alpha value is -1.79. The Bertz CT molecular complexity index is 646. The Labute approximate surface area is 140 Å². The summed E-state index contributed by atoms with van der Waals surface area (Å²) in [6.45, 7) is 5.68. The zero-order chi connectivity index (χ0) is 16.2. The highest BCUT2D eigenvalue weighted by Crippen LogP contribution is 2.18.